The van der Waals surface area contributed by atoms with Crippen LogP contribution in [0.2, 0.25) is 0 Å². The molecule has 0 spiro atoms. The van der Waals surface area contributed by atoms with Crippen molar-refractivity contribution in [2.24, 2.45) is 5.92 Å². The van der Waals surface area contributed by atoms with Crippen molar-refractivity contribution < 1.29 is 14.3 Å². The van der Waals surface area contributed by atoms with Crippen LogP contribution < -0.4 is 4.74 Å². The van der Waals surface area contributed by atoms with Crippen LogP contribution in [0.1, 0.15) is 44.1 Å². The minimum atomic E-state index is -0.397. The molecular weight excluding hydrogens is 386 g/mol. The Morgan fingerprint density at radius 1 is 0.839 bits per heavy atom. The zero-order chi connectivity index (χ0) is 22.3. The van der Waals surface area contributed by atoms with E-state index in [0.29, 0.717) is 31.6 Å². The second-order valence-electron chi connectivity index (χ2n) is 7.16. The first-order chi connectivity index (χ1) is 15.2. The zero-order valence-electron chi connectivity index (χ0n) is 17.7. The number of benzene rings is 2. The quantitative estimate of drug-likeness (QED) is 0.267. The molecule has 31 heavy (non-hydrogen) atoms. The van der Waals surface area contributed by atoms with Crippen LogP contribution in [0.3, 0.4) is 0 Å². The number of nitrogens with zero attached hydrogens (tertiary/aromatic N) is 1. The summed E-state index contributed by atoms with van der Waals surface area (Å²) in [5.41, 5.74) is 2.80. The maximum atomic E-state index is 11.9. The van der Waals surface area contributed by atoms with Crippen molar-refractivity contribution in [3.8, 4) is 47.6 Å². The third kappa shape index (κ3) is 8.30. The maximum absolute atomic E-state index is 11.9. The van der Waals surface area contributed by atoms with Crippen LogP contribution in [0, 0.1) is 41.9 Å². The van der Waals surface area contributed by atoms with Gasteiger partial charge < -0.3 is 9.47 Å². The van der Waals surface area contributed by atoms with E-state index in [-0.39, 0.29) is 5.97 Å². The molecule has 0 unspecified atom stereocenters. The molecule has 2 aromatic carbocycles. The van der Waals surface area contributed by atoms with Crippen molar-refractivity contribution in [1.29, 1.82) is 5.26 Å². The molecule has 0 aliphatic carbocycles. The van der Waals surface area contributed by atoms with Gasteiger partial charge in [-0.3, -0.25) is 4.79 Å². The number of nitriles is 1. The number of carbonyl (C=O) groups excluding carboxylic acids is 1. The summed E-state index contributed by atoms with van der Waals surface area (Å²) in [6, 6.07) is 17.6. The Morgan fingerprint density at radius 3 is 1.94 bits per heavy atom. The van der Waals surface area contributed by atoms with Crippen LogP contribution >= 0.6 is 0 Å². The molecule has 4 nitrogen and oxygen atoms in total. The number of carbonyl (C=O) groups is 1. The minimum Gasteiger partial charge on any atom is -0.494 e. The SMILES string of the molecule is C#CCC(CC#C)C(=O)OCCCCCCOc1ccc(-c2ccc(C#N)cc2)cc1. The minimum absolute atomic E-state index is 0.302. The van der Waals surface area contributed by atoms with Gasteiger partial charge in [-0.2, -0.15) is 5.26 Å². The molecule has 0 bridgehead atoms. The van der Waals surface area contributed by atoms with E-state index in [1.165, 1.54) is 0 Å². The highest BCUT2D eigenvalue weighted by Crippen LogP contribution is 2.23. The fourth-order valence-electron chi connectivity index (χ4n) is 3.04. The van der Waals surface area contributed by atoms with E-state index in [4.69, 9.17) is 27.6 Å². The van der Waals surface area contributed by atoms with E-state index in [1.54, 1.807) is 0 Å². The molecule has 0 fully saturated rings. The predicted octanol–water partition coefficient (Wildman–Crippen LogP) is 5.37. The number of ether oxygens (including phenoxy) is 2. The Morgan fingerprint density at radius 2 is 1.39 bits per heavy atom. The smallest absolute Gasteiger partial charge is 0.310 e. The normalized spacial score (nSPS) is 10.0. The monoisotopic (exact) mass is 413 g/mol. The fraction of sp³-hybridized carbons (Fsp3) is 0.333. The molecule has 4 heteroatoms. The lowest BCUT2D eigenvalue weighted by Gasteiger charge is -2.11. The third-order valence-electron chi connectivity index (χ3n) is 4.82. The average Bonchev–Trinajstić information content (AvgIpc) is 2.81. The summed E-state index contributed by atoms with van der Waals surface area (Å²) in [7, 11) is 0. The van der Waals surface area contributed by atoms with Crippen LogP contribution in [-0.2, 0) is 9.53 Å². The molecule has 0 heterocycles. The lowest BCUT2D eigenvalue weighted by molar-refractivity contribution is -0.148. The summed E-state index contributed by atoms with van der Waals surface area (Å²) in [6.45, 7) is 1.03. The molecule has 2 aromatic rings. The standard InChI is InChI=1S/C27H27NO3/c1-3-9-25(10-4-2)27(29)31-20-8-6-5-7-19-30-26-17-15-24(16-18-26)23-13-11-22(21-28)12-14-23/h1-2,11-18,25H,5-10,19-20H2. The Balaban J connectivity index is 1.59. The van der Waals surface area contributed by atoms with E-state index in [0.717, 1.165) is 42.6 Å². The Bertz CT molecular complexity index is 924. The van der Waals surface area contributed by atoms with Crippen molar-refractivity contribution in [3.63, 3.8) is 0 Å². The summed E-state index contributed by atoms with van der Waals surface area (Å²) < 4.78 is 11.1. The third-order valence-corrected chi connectivity index (χ3v) is 4.82. The molecular formula is C27H27NO3. The van der Waals surface area contributed by atoms with Crippen LogP contribution in [0.15, 0.2) is 48.5 Å². The summed E-state index contributed by atoms with van der Waals surface area (Å²) in [5.74, 6) is 5.07. The number of unbranched alkanes of at least 4 members (excludes halogenated alkanes) is 3. The number of rotatable bonds is 12. The van der Waals surface area contributed by atoms with Crippen LogP contribution in [-0.4, -0.2) is 19.2 Å². The number of hydrogen-bond donors (Lipinski definition) is 0. The largest absolute Gasteiger partial charge is 0.494 e. The van der Waals surface area contributed by atoms with Gasteiger partial charge in [0.05, 0.1) is 30.8 Å². The van der Waals surface area contributed by atoms with Crippen LogP contribution in [0.25, 0.3) is 11.1 Å². The fourth-order valence-corrected chi connectivity index (χ4v) is 3.04. The number of hydrogen-bond acceptors (Lipinski definition) is 4. The van der Waals surface area contributed by atoms with Gasteiger partial charge in [-0.05, 0) is 61.1 Å². The van der Waals surface area contributed by atoms with E-state index >= 15 is 0 Å². The molecule has 2 rings (SSSR count). The van der Waals surface area contributed by atoms with Gasteiger partial charge in [0.15, 0.2) is 0 Å². The summed E-state index contributed by atoms with van der Waals surface area (Å²) >= 11 is 0. The number of esters is 1. The van der Waals surface area contributed by atoms with Gasteiger partial charge in [0.1, 0.15) is 5.75 Å². The maximum Gasteiger partial charge on any atom is 0.310 e. The number of terminal acetylenes is 2. The first-order valence-corrected chi connectivity index (χ1v) is 10.4. The van der Waals surface area contributed by atoms with E-state index in [2.05, 4.69) is 17.9 Å². The highest BCUT2D eigenvalue weighted by atomic mass is 16.5. The van der Waals surface area contributed by atoms with Gasteiger partial charge in [-0.1, -0.05) is 24.3 Å². The zero-order valence-corrected chi connectivity index (χ0v) is 17.7. The van der Waals surface area contributed by atoms with Crippen LogP contribution in [0.4, 0.5) is 0 Å². The van der Waals surface area contributed by atoms with Gasteiger partial charge >= 0.3 is 5.97 Å². The predicted molar refractivity (Wildman–Crippen MR) is 122 cm³/mol. The van der Waals surface area contributed by atoms with Gasteiger partial charge in [0, 0.05) is 12.8 Å². The van der Waals surface area contributed by atoms with Gasteiger partial charge in [0.2, 0.25) is 0 Å². The lowest BCUT2D eigenvalue weighted by atomic mass is 10.0. The van der Waals surface area contributed by atoms with Gasteiger partial charge in [-0.15, -0.1) is 24.7 Å². The van der Waals surface area contributed by atoms with Crippen molar-refractivity contribution in [2.45, 2.75) is 38.5 Å². The van der Waals surface area contributed by atoms with Crippen LogP contribution in [0.5, 0.6) is 5.75 Å². The molecule has 0 N–H and O–H groups in total. The highest BCUT2D eigenvalue weighted by molar-refractivity contribution is 5.73. The Hall–Kier alpha value is -3.68. The Kier molecular flexibility index (Phi) is 10.3. The second kappa shape index (κ2) is 13.5. The molecule has 0 aromatic heterocycles. The van der Waals surface area contributed by atoms with Crippen molar-refractivity contribution in [3.05, 3.63) is 54.1 Å². The summed E-state index contributed by atoms with van der Waals surface area (Å²) in [6.07, 6.45) is 14.8. The lowest BCUT2D eigenvalue weighted by Crippen LogP contribution is -2.17. The first-order valence-electron chi connectivity index (χ1n) is 10.4. The first kappa shape index (κ1) is 23.6. The molecule has 0 aliphatic heterocycles. The van der Waals surface area contributed by atoms with Crippen molar-refractivity contribution in [2.75, 3.05) is 13.2 Å². The molecule has 158 valence electrons. The topological polar surface area (TPSA) is 59.3 Å². The molecule has 0 amide bonds. The van der Waals surface area contributed by atoms with Gasteiger partial charge in [-0.25, -0.2) is 0 Å². The van der Waals surface area contributed by atoms with E-state index in [9.17, 15) is 4.79 Å². The van der Waals surface area contributed by atoms with Crippen molar-refractivity contribution >= 4 is 5.97 Å². The Labute approximate surface area is 185 Å². The summed E-state index contributed by atoms with van der Waals surface area (Å²) in [5, 5.41) is 8.88. The average molecular weight is 414 g/mol. The molecule has 0 atom stereocenters. The molecule has 0 radical (unpaired) electrons. The second-order valence-corrected chi connectivity index (χ2v) is 7.16. The van der Waals surface area contributed by atoms with Crippen molar-refractivity contribution in [1.82, 2.24) is 0 Å². The highest BCUT2D eigenvalue weighted by Gasteiger charge is 2.17. The molecule has 0 aliphatic rings. The van der Waals surface area contributed by atoms with E-state index < -0.39 is 5.92 Å². The molecule has 0 saturated carbocycles. The summed E-state index contributed by atoms with van der Waals surface area (Å²) in [4.78, 5) is 11.9. The van der Waals surface area contributed by atoms with E-state index in [1.807, 2.05) is 48.5 Å². The molecule has 0 saturated heterocycles. The van der Waals surface area contributed by atoms with Gasteiger partial charge in [0.25, 0.3) is 0 Å².